The number of morpholine rings is 1. The predicted octanol–water partition coefficient (Wildman–Crippen LogP) is 3.49. The molecule has 2 fully saturated rings. The first kappa shape index (κ1) is 26.1. The molecule has 39 heavy (non-hydrogen) atoms. The van der Waals surface area contributed by atoms with Crippen molar-refractivity contribution < 1.29 is 17.9 Å². The van der Waals surface area contributed by atoms with Gasteiger partial charge in [-0.1, -0.05) is 11.6 Å². The molecule has 0 spiro atoms. The lowest BCUT2D eigenvalue weighted by atomic mass is 9.96. The van der Waals surface area contributed by atoms with Crippen molar-refractivity contribution in [3.05, 3.63) is 52.3 Å². The third-order valence-electron chi connectivity index (χ3n) is 7.98. The van der Waals surface area contributed by atoms with Crippen molar-refractivity contribution in [2.45, 2.75) is 57.9 Å². The Kier molecular flexibility index (Phi) is 6.96. The highest BCUT2D eigenvalue weighted by atomic mass is 32.2. The van der Waals surface area contributed by atoms with Crippen LogP contribution >= 0.6 is 0 Å². The molecule has 0 bridgehead atoms. The van der Waals surface area contributed by atoms with E-state index in [4.69, 9.17) is 14.8 Å². The minimum Gasteiger partial charge on any atom is -0.378 e. The third kappa shape index (κ3) is 5.21. The maximum Gasteiger partial charge on any atom is 0.256 e. The molecular formula is C28H36N6O4S. The van der Waals surface area contributed by atoms with Crippen molar-refractivity contribution in [3.8, 4) is 0 Å². The Labute approximate surface area is 229 Å². The number of nitrogens with one attached hydrogen (secondary N) is 1. The molecule has 1 atom stereocenters. The number of aromatic nitrogens is 3. The van der Waals surface area contributed by atoms with E-state index >= 15 is 0 Å². The zero-order valence-corrected chi connectivity index (χ0v) is 23.5. The van der Waals surface area contributed by atoms with Gasteiger partial charge >= 0.3 is 0 Å². The molecule has 2 aliphatic heterocycles. The number of fused-ring (bicyclic) bond motifs is 2. The number of sulfonamides is 1. The largest absolute Gasteiger partial charge is 0.378 e. The van der Waals surface area contributed by atoms with Gasteiger partial charge in [-0.15, -0.1) is 0 Å². The van der Waals surface area contributed by atoms with Crippen LogP contribution in [0.25, 0.3) is 5.65 Å². The first-order chi connectivity index (χ1) is 18.8. The number of carbonyl (C=O) groups is 1. The standard InChI is InChI=1S/C28H36N6O4S/c1-19-10-11-23(31-39(2,36)37)21(17-19)28(35)33-12-6-5-9-25(33)24-18-26-29-22-8-4-3-7-20(22)27(34(26)30-24)32-13-15-38-16-14-32/h10-11,17-18,25,31H,3-9,12-16H2,1-2H3/t25-/m1/s1. The van der Waals surface area contributed by atoms with Crippen LogP contribution in [-0.2, 0) is 27.6 Å². The number of hydrogen-bond donors (Lipinski definition) is 1. The van der Waals surface area contributed by atoms with Gasteiger partial charge in [-0.3, -0.25) is 9.52 Å². The van der Waals surface area contributed by atoms with Gasteiger partial charge < -0.3 is 14.5 Å². The van der Waals surface area contributed by atoms with Gasteiger partial charge in [0.1, 0.15) is 5.82 Å². The Hall–Kier alpha value is -3.18. The van der Waals surface area contributed by atoms with Crippen molar-refractivity contribution in [2.24, 2.45) is 0 Å². The fourth-order valence-electron chi connectivity index (χ4n) is 6.17. The number of rotatable bonds is 5. The Morgan fingerprint density at radius 2 is 1.85 bits per heavy atom. The summed E-state index contributed by atoms with van der Waals surface area (Å²) in [6, 6.07) is 7.06. The van der Waals surface area contributed by atoms with Gasteiger partial charge in [-0.25, -0.2) is 13.4 Å². The number of amides is 1. The molecule has 0 radical (unpaired) electrons. The summed E-state index contributed by atoms with van der Waals surface area (Å²) in [6.07, 6.45) is 8.04. The highest BCUT2D eigenvalue weighted by Gasteiger charge is 2.33. The summed E-state index contributed by atoms with van der Waals surface area (Å²) in [5, 5.41) is 5.11. The average molecular weight is 553 g/mol. The molecule has 3 aliphatic rings. The summed E-state index contributed by atoms with van der Waals surface area (Å²) in [5.41, 5.74) is 5.66. The Morgan fingerprint density at radius 3 is 2.64 bits per heavy atom. The normalized spacial score (nSPS) is 20.2. The zero-order chi connectivity index (χ0) is 27.1. The smallest absolute Gasteiger partial charge is 0.256 e. The maximum absolute atomic E-state index is 14.0. The topological polar surface area (TPSA) is 109 Å². The van der Waals surface area contributed by atoms with E-state index in [0.29, 0.717) is 31.0 Å². The predicted molar refractivity (Wildman–Crippen MR) is 150 cm³/mol. The van der Waals surface area contributed by atoms with E-state index in [0.717, 1.165) is 92.7 Å². The number of ether oxygens (including phenoxy) is 1. The Morgan fingerprint density at radius 1 is 1.05 bits per heavy atom. The van der Waals surface area contributed by atoms with Crippen LogP contribution in [0.1, 0.15) is 71.0 Å². The molecule has 3 aromatic rings. The van der Waals surface area contributed by atoms with Crippen LogP contribution < -0.4 is 9.62 Å². The van der Waals surface area contributed by atoms with E-state index in [1.807, 2.05) is 22.4 Å². The number of likely N-dealkylation sites (tertiary alicyclic amines) is 1. The molecule has 0 saturated carbocycles. The fourth-order valence-corrected chi connectivity index (χ4v) is 6.75. The summed E-state index contributed by atoms with van der Waals surface area (Å²) in [6.45, 7) is 5.51. The fraction of sp³-hybridized carbons (Fsp3) is 0.536. The molecule has 1 aromatic carbocycles. The number of nitrogens with zero attached hydrogens (tertiary/aromatic N) is 5. The van der Waals surface area contributed by atoms with Crippen molar-refractivity contribution in [1.29, 1.82) is 0 Å². The van der Waals surface area contributed by atoms with Gasteiger partial charge in [0.05, 0.1) is 42.5 Å². The maximum atomic E-state index is 14.0. The molecule has 2 saturated heterocycles. The summed E-state index contributed by atoms with van der Waals surface area (Å²) in [4.78, 5) is 23.3. The van der Waals surface area contributed by atoms with E-state index in [2.05, 4.69) is 9.62 Å². The van der Waals surface area contributed by atoms with Crippen LogP contribution in [0.4, 0.5) is 11.5 Å². The van der Waals surface area contributed by atoms with Gasteiger partial charge in [0, 0.05) is 37.0 Å². The first-order valence-corrected chi connectivity index (χ1v) is 15.8. The van der Waals surface area contributed by atoms with Crippen molar-refractivity contribution in [1.82, 2.24) is 19.5 Å². The Bertz CT molecular complexity index is 1510. The highest BCUT2D eigenvalue weighted by Crippen LogP contribution is 2.36. The lowest BCUT2D eigenvalue weighted by Gasteiger charge is -2.35. The number of piperidine rings is 1. The zero-order valence-electron chi connectivity index (χ0n) is 22.6. The molecule has 1 amide bonds. The van der Waals surface area contributed by atoms with Gasteiger partial charge in [-0.2, -0.15) is 9.61 Å². The number of benzene rings is 1. The first-order valence-electron chi connectivity index (χ1n) is 13.9. The van der Waals surface area contributed by atoms with Crippen molar-refractivity contribution in [2.75, 3.05) is 48.7 Å². The molecular weight excluding hydrogens is 516 g/mol. The van der Waals surface area contributed by atoms with Crippen LogP contribution in [-0.4, -0.2) is 72.9 Å². The highest BCUT2D eigenvalue weighted by molar-refractivity contribution is 7.92. The second-order valence-electron chi connectivity index (χ2n) is 10.9. The molecule has 11 heteroatoms. The van der Waals surface area contributed by atoms with Crippen molar-refractivity contribution >= 4 is 33.1 Å². The lowest BCUT2D eigenvalue weighted by molar-refractivity contribution is 0.0606. The molecule has 6 rings (SSSR count). The number of anilines is 2. The van der Waals surface area contributed by atoms with E-state index in [9.17, 15) is 13.2 Å². The SMILES string of the molecule is Cc1ccc(NS(C)(=O)=O)c(C(=O)N2CCCC[C@@H]2c2cc3nc4c(c(N5CCOCC5)n3n2)CCCC4)c1. The van der Waals surface area contributed by atoms with Crippen LogP contribution in [0.15, 0.2) is 24.3 Å². The van der Waals surface area contributed by atoms with E-state index < -0.39 is 10.0 Å². The van der Waals surface area contributed by atoms with Crippen LogP contribution in [0, 0.1) is 6.92 Å². The van der Waals surface area contributed by atoms with Crippen molar-refractivity contribution in [3.63, 3.8) is 0 Å². The summed E-state index contributed by atoms with van der Waals surface area (Å²) in [7, 11) is -3.54. The molecule has 1 N–H and O–H groups in total. The van der Waals surface area contributed by atoms with Gasteiger partial charge in [0.25, 0.3) is 5.91 Å². The van der Waals surface area contributed by atoms with Gasteiger partial charge in [0.15, 0.2) is 5.65 Å². The minimum absolute atomic E-state index is 0.188. The minimum atomic E-state index is -3.54. The molecule has 10 nitrogen and oxygen atoms in total. The number of hydrogen-bond acceptors (Lipinski definition) is 7. The number of carbonyl (C=O) groups excluding carboxylic acids is 1. The van der Waals surface area contributed by atoms with Crippen LogP contribution in [0.2, 0.25) is 0 Å². The molecule has 0 unspecified atom stereocenters. The van der Waals surface area contributed by atoms with E-state index in [1.165, 1.54) is 5.56 Å². The van der Waals surface area contributed by atoms with Gasteiger partial charge in [0.2, 0.25) is 10.0 Å². The molecule has 4 heterocycles. The third-order valence-corrected chi connectivity index (χ3v) is 8.58. The second kappa shape index (κ2) is 10.4. The van der Waals surface area contributed by atoms with Gasteiger partial charge in [-0.05, 0) is 64.0 Å². The van der Waals surface area contributed by atoms with Crippen LogP contribution in [0.3, 0.4) is 0 Å². The Balaban J connectivity index is 1.41. The molecule has 2 aromatic heterocycles. The van der Waals surface area contributed by atoms with Crippen LogP contribution in [0.5, 0.6) is 0 Å². The molecule has 1 aliphatic carbocycles. The van der Waals surface area contributed by atoms with E-state index in [1.54, 1.807) is 18.2 Å². The average Bonchev–Trinajstić information content (AvgIpc) is 3.35. The summed E-state index contributed by atoms with van der Waals surface area (Å²) >= 11 is 0. The quantitative estimate of drug-likeness (QED) is 0.516. The summed E-state index contributed by atoms with van der Waals surface area (Å²) < 4.78 is 34.2. The summed E-state index contributed by atoms with van der Waals surface area (Å²) in [5.74, 6) is 0.934. The second-order valence-corrected chi connectivity index (χ2v) is 12.7. The monoisotopic (exact) mass is 552 g/mol. The number of aryl methyl sites for hydroxylation is 2. The van der Waals surface area contributed by atoms with E-state index in [-0.39, 0.29) is 11.9 Å². The lowest BCUT2D eigenvalue weighted by Crippen LogP contribution is -2.39. The molecule has 208 valence electrons.